The van der Waals surface area contributed by atoms with Gasteiger partial charge in [0.2, 0.25) is 0 Å². The normalized spacial score (nSPS) is 12.2. The van der Waals surface area contributed by atoms with Crippen molar-refractivity contribution in [1.82, 2.24) is 9.55 Å². The van der Waals surface area contributed by atoms with Crippen molar-refractivity contribution >= 4 is 16.9 Å². The monoisotopic (exact) mass is 310 g/mol. The Labute approximate surface area is 130 Å². The molecule has 3 aromatic rings. The van der Waals surface area contributed by atoms with E-state index in [-0.39, 0.29) is 11.1 Å². The summed E-state index contributed by atoms with van der Waals surface area (Å²) in [5, 5.41) is 9.36. The second-order valence-electron chi connectivity index (χ2n) is 5.25. The number of fused-ring (bicyclic) bond motifs is 1. The van der Waals surface area contributed by atoms with Crippen molar-refractivity contribution in [3.8, 4) is 0 Å². The second kappa shape index (κ2) is 5.57. The van der Waals surface area contributed by atoms with Gasteiger partial charge in [0.15, 0.2) is 0 Å². The van der Waals surface area contributed by atoms with Gasteiger partial charge in [0, 0.05) is 0 Å². The first kappa shape index (κ1) is 14.8. The van der Waals surface area contributed by atoms with Gasteiger partial charge < -0.3 is 10.1 Å². The Morgan fingerprint density at radius 2 is 1.74 bits per heavy atom. The topological polar surface area (TPSA) is 92.2 Å². The van der Waals surface area contributed by atoms with Gasteiger partial charge in [0.25, 0.3) is 5.56 Å². The van der Waals surface area contributed by atoms with Gasteiger partial charge in [-0.2, -0.15) is 0 Å². The average molecular weight is 310 g/mol. The number of nitrogens with one attached hydrogen (secondary N) is 1. The Morgan fingerprint density at radius 3 is 2.39 bits per heavy atom. The highest BCUT2D eigenvalue weighted by atomic mass is 16.4. The van der Waals surface area contributed by atoms with E-state index in [0.29, 0.717) is 16.5 Å². The summed E-state index contributed by atoms with van der Waals surface area (Å²) in [5.74, 6) is -1.02. The lowest BCUT2D eigenvalue weighted by molar-refractivity contribution is 0.0697. The molecule has 1 atom stereocenters. The van der Waals surface area contributed by atoms with Crippen molar-refractivity contribution < 1.29 is 9.90 Å². The highest BCUT2D eigenvalue weighted by Crippen LogP contribution is 2.16. The molecule has 0 aliphatic carbocycles. The molecule has 6 heteroatoms. The summed E-state index contributed by atoms with van der Waals surface area (Å²) >= 11 is 0. The van der Waals surface area contributed by atoms with Gasteiger partial charge >= 0.3 is 11.7 Å². The molecule has 0 saturated heterocycles. The van der Waals surface area contributed by atoms with Crippen molar-refractivity contribution in [3.05, 3.63) is 80.5 Å². The lowest BCUT2D eigenvalue weighted by Crippen LogP contribution is -2.37. The second-order valence-corrected chi connectivity index (χ2v) is 5.25. The Kier molecular flexibility index (Phi) is 3.57. The van der Waals surface area contributed by atoms with Crippen LogP contribution in [0.4, 0.5) is 0 Å². The number of para-hydroxylation sites is 1. The van der Waals surface area contributed by atoms with E-state index in [4.69, 9.17) is 5.11 Å². The van der Waals surface area contributed by atoms with Crippen LogP contribution in [0, 0.1) is 0 Å². The summed E-state index contributed by atoms with van der Waals surface area (Å²) in [6.07, 6.45) is 0. The number of aromatic nitrogens is 2. The third-order valence-corrected chi connectivity index (χ3v) is 3.86. The summed E-state index contributed by atoms with van der Waals surface area (Å²) in [6, 6.07) is 12.4. The van der Waals surface area contributed by atoms with Crippen LogP contribution in [0.1, 0.15) is 28.9 Å². The number of rotatable bonds is 3. The number of hydrogen-bond donors (Lipinski definition) is 2. The fourth-order valence-corrected chi connectivity index (χ4v) is 2.58. The number of carbonyl (C=O) groups is 1. The molecule has 2 N–H and O–H groups in total. The first-order valence-corrected chi connectivity index (χ1v) is 7.06. The number of benzene rings is 2. The van der Waals surface area contributed by atoms with Crippen LogP contribution in [0.2, 0.25) is 0 Å². The van der Waals surface area contributed by atoms with Gasteiger partial charge in [-0.25, -0.2) is 9.59 Å². The van der Waals surface area contributed by atoms with Crippen LogP contribution in [-0.4, -0.2) is 20.6 Å². The molecule has 0 amide bonds. The van der Waals surface area contributed by atoms with E-state index in [0.717, 1.165) is 4.57 Å². The maximum absolute atomic E-state index is 12.6. The van der Waals surface area contributed by atoms with Gasteiger partial charge in [-0.1, -0.05) is 24.3 Å². The number of carboxylic acids is 1. The quantitative estimate of drug-likeness (QED) is 0.774. The van der Waals surface area contributed by atoms with Gasteiger partial charge in [0.05, 0.1) is 22.5 Å². The molecule has 6 nitrogen and oxygen atoms in total. The molecule has 0 fully saturated rings. The average Bonchev–Trinajstić information content (AvgIpc) is 2.54. The third kappa shape index (κ3) is 2.55. The van der Waals surface area contributed by atoms with E-state index in [9.17, 15) is 14.4 Å². The van der Waals surface area contributed by atoms with Gasteiger partial charge in [-0.15, -0.1) is 0 Å². The number of carboxylic acid groups (broad SMARTS) is 1. The van der Waals surface area contributed by atoms with Crippen molar-refractivity contribution in [2.75, 3.05) is 0 Å². The van der Waals surface area contributed by atoms with Crippen LogP contribution in [0.5, 0.6) is 0 Å². The highest BCUT2D eigenvalue weighted by Gasteiger charge is 2.15. The zero-order valence-corrected chi connectivity index (χ0v) is 12.3. The molecule has 0 saturated carbocycles. The Bertz CT molecular complexity index is 1000. The maximum atomic E-state index is 12.6. The molecule has 0 spiro atoms. The summed E-state index contributed by atoms with van der Waals surface area (Å²) in [5.41, 5.74) is 0.452. The van der Waals surface area contributed by atoms with Crippen LogP contribution in [0.25, 0.3) is 10.9 Å². The minimum Gasteiger partial charge on any atom is -0.478 e. The Balaban J connectivity index is 2.14. The maximum Gasteiger partial charge on any atom is 0.335 e. The van der Waals surface area contributed by atoms with Gasteiger partial charge in [-0.3, -0.25) is 9.36 Å². The molecule has 23 heavy (non-hydrogen) atoms. The molecular formula is C17H14N2O4. The van der Waals surface area contributed by atoms with E-state index in [2.05, 4.69) is 4.98 Å². The molecule has 0 aliphatic heterocycles. The van der Waals surface area contributed by atoms with Crippen LogP contribution in [0.3, 0.4) is 0 Å². The standard InChI is InChI=1S/C17H14N2O4/c1-10(11-6-8-12(9-7-11)16(21)22)19-15(20)13-4-2-3-5-14(13)18-17(19)23/h2-10H,1H3,(H,18,23)(H,21,22)/t10-/m0/s1. The zero-order valence-electron chi connectivity index (χ0n) is 12.3. The lowest BCUT2D eigenvalue weighted by Gasteiger charge is -2.15. The molecule has 2 aromatic carbocycles. The van der Waals surface area contributed by atoms with Crippen molar-refractivity contribution in [2.45, 2.75) is 13.0 Å². The van der Waals surface area contributed by atoms with E-state index in [1.54, 1.807) is 43.3 Å². The van der Waals surface area contributed by atoms with E-state index >= 15 is 0 Å². The fourth-order valence-electron chi connectivity index (χ4n) is 2.58. The molecule has 0 aliphatic rings. The predicted octanol–water partition coefficient (Wildman–Crippen LogP) is 2.00. The van der Waals surface area contributed by atoms with Gasteiger partial charge in [0.1, 0.15) is 0 Å². The Morgan fingerprint density at radius 1 is 1.09 bits per heavy atom. The first-order chi connectivity index (χ1) is 11.0. The third-order valence-electron chi connectivity index (χ3n) is 3.86. The largest absolute Gasteiger partial charge is 0.478 e. The molecular weight excluding hydrogens is 296 g/mol. The van der Waals surface area contributed by atoms with Crippen LogP contribution in [0.15, 0.2) is 58.1 Å². The Hall–Kier alpha value is -3.15. The molecule has 3 rings (SSSR count). The molecule has 0 radical (unpaired) electrons. The SMILES string of the molecule is C[C@@H](c1ccc(C(=O)O)cc1)n1c(=O)[nH]c2ccccc2c1=O. The molecule has 116 valence electrons. The molecule has 1 aromatic heterocycles. The number of H-pyrrole nitrogens is 1. The molecule has 0 unspecified atom stereocenters. The summed E-state index contributed by atoms with van der Waals surface area (Å²) < 4.78 is 1.14. The number of aromatic carboxylic acids is 1. The minimum atomic E-state index is -1.02. The minimum absolute atomic E-state index is 0.153. The van der Waals surface area contributed by atoms with E-state index < -0.39 is 17.7 Å². The predicted molar refractivity (Wildman–Crippen MR) is 86.0 cm³/mol. The van der Waals surface area contributed by atoms with E-state index in [1.165, 1.54) is 12.1 Å². The number of aromatic amines is 1. The van der Waals surface area contributed by atoms with Gasteiger partial charge in [-0.05, 0) is 36.8 Å². The highest BCUT2D eigenvalue weighted by molar-refractivity contribution is 5.87. The smallest absolute Gasteiger partial charge is 0.335 e. The van der Waals surface area contributed by atoms with Crippen molar-refractivity contribution in [2.24, 2.45) is 0 Å². The zero-order chi connectivity index (χ0) is 16.6. The molecule has 0 bridgehead atoms. The summed E-state index contributed by atoms with van der Waals surface area (Å²) in [4.78, 5) is 38.4. The van der Waals surface area contributed by atoms with Crippen molar-refractivity contribution in [1.29, 1.82) is 0 Å². The van der Waals surface area contributed by atoms with Crippen molar-refractivity contribution in [3.63, 3.8) is 0 Å². The summed E-state index contributed by atoms with van der Waals surface area (Å²) in [6.45, 7) is 1.72. The van der Waals surface area contributed by atoms with Crippen LogP contribution >= 0.6 is 0 Å². The van der Waals surface area contributed by atoms with Crippen LogP contribution < -0.4 is 11.2 Å². The molecule has 1 heterocycles. The number of nitrogens with zero attached hydrogens (tertiary/aromatic N) is 1. The van der Waals surface area contributed by atoms with Crippen LogP contribution in [-0.2, 0) is 0 Å². The van der Waals surface area contributed by atoms with E-state index in [1.807, 2.05) is 0 Å². The summed E-state index contributed by atoms with van der Waals surface area (Å²) in [7, 11) is 0. The first-order valence-electron chi connectivity index (χ1n) is 7.06. The fraction of sp³-hybridized carbons (Fsp3) is 0.118. The number of hydrogen-bond acceptors (Lipinski definition) is 3. The lowest BCUT2D eigenvalue weighted by atomic mass is 10.1.